The van der Waals surface area contributed by atoms with Crippen LogP contribution in [0.1, 0.15) is 29.8 Å². The van der Waals surface area contributed by atoms with Crippen LogP contribution in [0.2, 0.25) is 0 Å². The van der Waals surface area contributed by atoms with Gasteiger partial charge in [0.25, 0.3) is 5.91 Å². The standard InChI is InChI=1S/C23H30N2O4/c1-17(2)29-20-8-6-5-7-19(20)16-24-11-13-25(14-12-24)23(26)18-9-10-21(27-3)22(15-18)28-4/h5-10,15,17H,11-14,16H2,1-4H3. The van der Waals surface area contributed by atoms with E-state index < -0.39 is 0 Å². The molecule has 0 unspecified atom stereocenters. The van der Waals surface area contributed by atoms with Gasteiger partial charge in [0.1, 0.15) is 5.75 Å². The Balaban J connectivity index is 1.60. The van der Waals surface area contributed by atoms with Gasteiger partial charge in [-0.3, -0.25) is 9.69 Å². The van der Waals surface area contributed by atoms with Gasteiger partial charge in [0.2, 0.25) is 0 Å². The first-order chi connectivity index (χ1) is 14.0. The second-order valence-electron chi connectivity index (χ2n) is 7.41. The molecule has 1 saturated heterocycles. The first-order valence-corrected chi connectivity index (χ1v) is 10.00. The summed E-state index contributed by atoms with van der Waals surface area (Å²) < 4.78 is 16.5. The summed E-state index contributed by atoms with van der Waals surface area (Å²) in [6, 6.07) is 13.5. The van der Waals surface area contributed by atoms with Gasteiger partial charge in [-0.05, 0) is 38.1 Å². The van der Waals surface area contributed by atoms with Gasteiger partial charge >= 0.3 is 0 Å². The monoisotopic (exact) mass is 398 g/mol. The molecule has 2 aromatic rings. The molecule has 0 atom stereocenters. The second kappa shape index (κ2) is 9.65. The fraction of sp³-hybridized carbons (Fsp3) is 0.435. The number of ether oxygens (including phenoxy) is 3. The zero-order valence-electron chi connectivity index (χ0n) is 17.7. The Bertz CT molecular complexity index is 829. The van der Waals surface area contributed by atoms with Gasteiger partial charge in [-0.15, -0.1) is 0 Å². The molecule has 0 spiro atoms. The Morgan fingerprint density at radius 1 is 0.931 bits per heavy atom. The van der Waals surface area contributed by atoms with Crippen LogP contribution in [0.5, 0.6) is 17.2 Å². The van der Waals surface area contributed by atoms with Crippen molar-refractivity contribution in [1.82, 2.24) is 9.80 Å². The van der Waals surface area contributed by atoms with Crippen LogP contribution in [0, 0.1) is 0 Å². The number of hydrogen-bond acceptors (Lipinski definition) is 5. The minimum atomic E-state index is 0.0224. The predicted molar refractivity (Wildman–Crippen MR) is 113 cm³/mol. The third-order valence-corrected chi connectivity index (χ3v) is 5.02. The van der Waals surface area contributed by atoms with E-state index in [4.69, 9.17) is 14.2 Å². The molecule has 0 N–H and O–H groups in total. The summed E-state index contributed by atoms with van der Waals surface area (Å²) in [5.41, 5.74) is 1.80. The minimum Gasteiger partial charge on any atom is -0.493 e. The summed E-state index contributed by atoms with van der Waals surface area (Å²) >= 11 is 0. The molecule has 0 aromatic heterocycles. The van der Waals surface area contributed by atoms with Gasteiger partial charge in [0.05, 0.1) is 20.3 Å². The lowest BCUT2D eigenvalue weighted by atomic mass is 10.1. The fourth-order valence-electron chi connectivity index (χ4n) is 3.51. The number of methoxy groups -OCH3 is 2. The van der Waals surface area contributed by atoms with Crippen LogP contribution in [-0.2, 0) is 6.54 Å². The number of carbonyl (C=O) groups is 1. The lowest BCUT2D eigenvalue weighted by molar-refractivity contribution is 0.0626. The lowest BCUT2D eigenvalue weighted by Crippen LogP contribution is -2.48. The summed E-state index contributed by atoms with van der Waals surface area (Å²) in [6.45, 7) is 7.94. The molecule has 1 heterocycles. The number of nitrogens with zero attached hydrogens (tertiary/aromatic N) is 2. The van der Waals surface area contributed by atoms with Crippen molar-refractivity contribution in [1.29, 1.82) is 0 Å². The van der Waals surface area contributed by atoms with E-state index in [1.165, 1.54) is 5.56 Å². The molecule has 0 saturated carbocycles. The SMILES string of the molecule is COc1ccc(C(=O)N2CCN(Cc3ccccc3OC(C)C)CC2)cc1OC. The summed E-state index contributed by atoms with van der Waals surface area (Å²) in [5.74, 6) is 2.15. The fourth-order valence-corrected chi connectivity index (χ4v) is 3.51. The molecular formula is C23H30N2O4. The van der Waals surface area contributed by atoms with E-state index in [0.29, 0.717) is 30.2 Å². The third kappa shape index (κ3) is 5.21. The van der Waals surface area contributed by atoms with Crippen molar-refractivity contribution in [2.45, 2.75) is 26.5 Å². The molecule has 1 fully saturated rings. The van der Waals surface area contributed by atoms with Crippen molar-refractivity contribution < 1.29 is 19.0 Å². The number of rotatable bonds is 7. The van der Waals surface area contributed by atoms with Crippen molar-refractivity contribution in [3.63, 3.8) is 0 Å². The maximum atomic E-state index is 12.9. The second-order valence-corrected chi connectivity index (χ2v) is 7.41. The molecule has 1 aliphatic rings. The smallest absolute Gasteiger partial charge is 0.254 e. The molecule has 2 aromatic carbocycles. The molecule has 0 aliphatic carbocycles. The highest BCUT2D eigenvalue weighted by atomic mass is 16.5. The van der Waals surface area contributed by atoms with Gasteiger partial charge in [-0.2, -0.15) is 0 Å². The number of piperazine rings is 1. The van der Waals surface area contributed by atoms with Gasteiger partial charge in [-0.1, -0.05) is 18.2 Å². The zero-order valence-corrected chi connectivity index (χ0v) is 17.7. The van der Waals surface area contributed by atoms with Gasteiger partial charge in [0.15, 0.2) is 11.5 Å². The predicted octanol–water partition coefficient (Wildman–Crippen LogP) is 3.45. The van der Waals surface area contributed by atoms with Crippen LogP contribution >= 0.6 is 0 Å². The van der Waals surface area contributed by atoms with Crippen LogP contribution in [-0.4, -0.2) is 62.2 Å². The van der Waals surface area contributed by atoms with Gasteiger partial charge < -0.3 is 19.1 Å². The van der Waals surface area contributed by atoms with Crippen molar-refractivity contribution in [3.05, 3.63) is 53.6 Å². The Hall–Kier alpha value is -2.73. The summed E-state index contributed by atoms with van der Waals surface area (Å²) in [6.07, 6.45) is 0.145. The average Bonchev–Trinajstić information content (AvgIpc) is 2.74. The van der Waals surface area contributed by atoms with Crippen LogP contribution in [0.4, 0.5) is 0 Å². The Kier molecular flexibility index (Phi) is 6.99. The van der Waals surface area contributed by atoms with E-state index in [0.717, 1.165) is 25.4 Å². The molecule has 6 heteroatoms. The van der Waals surface area contributed by atoms with Crippen LogP contribution in [0.3, 0.4) is 0 Å². The Morgan fingerprint density at radius 2 is 1.62 bits per heavy atom. The number of amides is 1. The lowest BCUT2D eigenvalue weighted by Gasteiger charge is -2.35. The highest BCUT2D eigenvalue weighted by Crippen LogP contribution is 2.28. The van der Waals surface area contributed by atoms with Crippen molar-refractivity contribution in [3.8, 4) is 17.2 Å². The Labute approximate surface area is 173 Å². The molecule has 156 valence electrons. The molecule has 3 rings (SSSR count). The van der Waals surface area contributed by atoms with E-state index >= 15 is 0 Å². The van der Waals surface area contributed by atoms with Gasteiger partial charge in [-0.25, -0.2) is 0 Å². The number of benzene rings is 2. The normalized spacial score (nSPS) is 14.7. The number of hydrogen-bond donors (Lipinski definition) is 0. The molecule has 1 amide bonds. The van der Waals surface area contributed by atoms with Crippen LogP contribution in [0.15, 0.2) is 42.5 Å². The summed E-state index contributed by atoms with van der Waals surface area (Å²) in [7, 11) is 3.16. The van der Waals surface area contributed by atoms with Crippen molar-refractivity contribution >= 4 is 5.91 Å². The van der Waals surface area contributed by atoms with E-state index in [2.05, 4.69) is 11.0 Å². The molecule has 0 bridgehead atoms. The summed E-state index contributed by atoms with van der Waals surface area (Å²) in [4.78, 5) is 17.2. The maximum Gasteiger partial charge on any atom is 0.254 e. The number of para-hydroxylation sites is 1. The highest BCUT2D eigenvalue weighted by molar-refractivity contribution is 5.95. The quantitative estimate of drug-likeness (QED) is 0.715. The minimum absolute atomic E-state index is 0.0224. The topological polar surface area (TPSA) is 51.2 Å². The summed E-state index contributed by atoms with van der Waals surface area (Å²) in [5, 5.41) is 0. The molecule has 29 heavy (non-hydrogen) atoms. The molecule has 1 aliphatic heterocycles. The van der Waals surface area contributed by atoms with E-state index in [1.807, 2.05) is 36.9 Å². The zero-order chi connectivity index (χ0) is 20.8. The Morgan fingerprint density at radius 3 is 2.28 bits per heavy atom. The third-order valence-electron chi connectivity index (χ3n) is 5.02. The molecule has 6 nitrogen and oxygen atoms in total. The van der Waals surface area contributed by atoms with Gasteiger partial charge in [0, 0.05) is 43.9 Å². The van der Waals surface area contributed by atoms with E-state index in [-0.39, 0.29) is 12.0 Å². The maximum absolute atomic E-state index is 12.9. The van der Waals surface area contributed by atoms with E-state index in [9.17, 15) is 4.79 Å². The average molecular weight is 399 g/mol. The van der Waals surface area contributed by atoms with Crippen molar-refractivity contribution in [2.24, 2.45) is 0 Å². The molecule has 0 radical (unpaired) electrons. The number of carbonyl (C=O) groups excluding carboxylic acids is 1. The molecular weight excluding hydrogens is 368 g/mol. The van der Waals surface area contributed by atoms with Crippen LogP contribution < -0.4 is 14.2 Å². The first-order valence-electron chi connectivity index (χ1n) is 10.00. The van der Waals surface area contributed by atoms with E-state index in [1.54, 1.807) is 32.4 Å². The van der Waals surface area contributed by atoms with Crippen molar-refractivity contribution in [2.75, 3.05) is 40.4 Å². The van der Waals surface area contributed by atoms with Crippen LogP contribution in [0.25, 0.3) is 0 Å². The largest absolute Gasteiger partial charge is 0.493 e. The highest BCUT2D eigenvalue weighted by Gasteiger charge is 2.23. The first kappa shape index (κ1) is 21.0.